The van der Waals surface area contributed by atoms with E-state index in [0.717, 1.165) is 61.4 Å². The van der Waals surface area contributed by atoms with Crippen molar-refractivity contribution in [3.8, 4) is 0 Å². The molecule has 0 unspecified atom stereocenters. The number of rotatable bonds is 5. The van der Waals surface area contributed by atoms with E-state index in [2.05, 4.69) is 41.0 Å². The van der Waals surface area contributed by atoms with Gasteiger partial charge in [-0.15, -0.1) is 0 Å². The number of hydrogen-bond acceptors (Lipinski definition) is 5. The second kappa shape index (κ2) is 10.2. The zero-order chi connectivity index (χ0) is 24.4. The summed E-state index contributed by atoms with van der Waals surface area (Å²) in [6.45, 7) is 6.13. The van der Waals surface area contributed by atoms with E-state index < -0.39 is 0 Å². The van der Waals surface area contributed by atoms with Gasteiger partial charge in [0.05, 0.1) is 22.8 Å². The molecule has 0 spiro atoms. The lowest BCUT2D eigenvalue weighted by atomic mass is 9.98. The lowest BCUT2D eigenvalue weighted by molar-refractivity contribution is 0.0734. The summed E-state index contributed by atoms with van der Waals surface area (Å²) in [7, 11) is 2.05. The highest BCUT2D eigenvalue weighted by Crippen LogP contribution is 2.32. The minimum Gasteiger partial charge on any atom is -0.356 e. The van der Waals surface area contributed by atoms with E-state index in [-0.39, 0.29) is 5.91 Å². The Morgan fingerprint density at radius 2 is 1.74 bits per heavy atom. The van der Waals surface area contributed by atoms with Crippen LogP contribution in [0.25, 0.3) is 0 Å². The molecule has 0 saturated carbocycles. The first kappa shape index (κ1) is 23.6. The predicted octanol–water partition coefficient (Wildman–Crippen LogP) is 5.20. The number of amides is 1. The van der Waals surface area contributed by atoms with Crippen LogP contribution in [0.15, 0.2) is 54.6 Å². The first-order valence-corrected chi connectivity index (χ1v) is 12.8. The molecule has 0 bridgehead atoms. The fourth-order valence-corrected chi connectivity index (χ4v) is 5.16. The van der Waals surface area contributed by atoms with Gasteiger partial charge in [0.2, 0.25) is 5.95 Å². The molecule has 2 aromatic carbocycles. The van der Waals surface area contributed by atoms with Gasteiger partial charge in [0, 0.05) is 45.2 Å². The second-order valence-electron chi connectivity index (χ2n) is 9.74. The lowest BCUT2D eigenvalue weighted by Crippen LogP contribution is -2.40. The molecule has 1 aromatic heterocycles. The number of fused-ring (bicyclic) bond motifs is 1. The summed E-state index contributed by atoms with van der Waals surface area (Å²) in [5.74, 6) is 2.41. The van der Waals surface area contributed by atoms with E-state index in [1.807, 2.05) is 30.1 Å². The summed E-state index contributed by atoms with van der Waals surface area (Å²) in [6, 6.07) is 17.7. The third kappa shape index (κ3) is 5.13. The van der Waals surface area contributed by atoms with Gasteiger partial charge in [-0.3, -0.25) is 4.79 Å². The van der Waals surface area contributed by atoms with Crippen molar-refractivity contribution in [1.82, 2.24) is 14.9 Å². The molecule has 2 aliphatic rings. The number of benzene rings is 2. The molecule has 2 aliphatic heterocycles. The van der Waals surface area contributed by atoms with Crippen molar-refractivity contribution in [3.63, 3.8) is 0 Å². The third-order valence-corrected chi connectivity index (χ3v) is 7.43. The highest BCUT2D eigenvalue weighted by Gasteiger charge is 2.30. The van der Waals surface area contributed by atoms with Gasteiger partial charge in [-0.05, 0) is 36.5 Å². The van der Waals surface area contributed by atoms with Crippen molar-refractivity contribution in [1.29, 1.82) is 0 Å². The zero-order valence-corrected chi connectivity index (χ0v) is 21.2. The molecular formula is C28H32ClN5O. The Balaban J connectivity index is 1.46. The van der Waals surface area contributed by atoms with Crippen LogP contribution in [0.1, 0.15) is 46.9 Å². The average molecular weight is 490 g/mol. The molecule has 7 heteroatoms. The molecule has 1 amide bonds. The van der Waals surface area contributed by atoms with Gasteiger partial charge in [-0.25, -0.2) is 4.98 Å². The Kier molecular flexibility index (Phi) is 6.91. The Labute approximate surface area is 212 Å². The van der Waals surface area contributed by atoms with Gasteiger partial charge < -0.3 is 14.7 Å². The Hall–Kier alpha value is -3.12. The molecule has 35 heavy (non-hydrogen) atoms. The van der Waals surface area contributed by atoms with Crippen LogP contribution in [0.4, 0.5) is 11.8 Å². The van der Waals surface area contributed by atoms with Crippen LogP contribution in [0.3, 0.4) is 0 Å². The predicted molar refractivity (Wildman–Crippen MR) is 141 cm³/mol. The number of anilines is 2. The minimum atomic E-state index is -0.0373. The Morgan fingerprint density at radius 3 is 2.49 bits per heavy atom. The number of halogens is 1. The van der Waals surface area contributed by atoms with Crippen LogP contribution in [-0.4, -0.2) is 47.5 Å². The van der Waals surface area contributed by atoms with Crippen LogP contribution in [0, 0.1) is 5.92 Å². The highest BCUT2D eigenvalue weighted by atomic mass is 35.5. The number of piperidine rings is 1. The summed E-state index contributed by atoms with van der Waals surface area (Å²) in [4.78, 5) is 29.8. The van der Waals surface area contributed by atoms with Gasteiger partial charge in [-0.1, -0.05) is 61.0 Å². The lowest BCUT2D eigenvalue weighted by Gasteiger charge is -2.36. The normalized spacial score (nSPS) is 16.2. The molecule has 1 saturated heterocycles. The van der Waals surface area contributed by atoms with E-state index in [1.165, 1.54) is 5.56 Å². The minimum absolute atomic E-state index is 0.0373. The molecule has 3 heterocycles. The summed E-state index contributed by atoms with van der Waals surface area (Å²) in [6.07, 6.45) is 3.00. The summed E-state index contributed by atoms with van der Waals surface area (Å²) < 4.78 is 0. The van der Waals surface area contributed by atoms with Gasteiger partial charge >= 0.3 is 0 Å². The van der Waals surface area contributed by atoms with Crippen molar-refractivity contribution in [2.75, 3.05) is 36.5 Å². The standard InChI is InChI=1S/C28H32ClN5O/c1-20-12-15-33(16-13-20)26-23-19-34(27(35)22-10-6-7-11-24(22)29)17-14-25(23)30-28(31-26)32(2)18-21-8-4-3-5-9-21/h3-11,20H,12-19H2,1-2H3. The van der Waals surface area contributed by atoms with Crippen LogP contribution >= 0.6 is 11.6 Å². The number of hydrogen-bond donors (Lipinski definition) is 0. The molecule has 0 radical (unpaired) electrons. The van der Waals surface area contributed by atoms with Gasteiger partial charge in [0.1, 0.15) is 5.82 Å². The van der Waals surface area contributed by atoms with Crippen LogP contribution in [0.2, 0.25) is 5.02 Å². The van der Waals surface area contributed by atoms with Crippen LogP contribution < -0.4 is 9.80 Å². The Bertz CT molecular complexity index is 1190. The zero-order valence-electron chi connectivity index (χ0n) is 20.5. The van der Waals surface area contributed by atoms with Gasteiger partial charge in [0.15, 0.2) is 0 Å². The van der Waals surface area contributed by atoms with E-state index in [0.29, 0.717) is 30.1 Å². The number of carbonyl (C=O) groups is 1. The molecule has 6 nitrogen and oxygen atoms in total. The number of aromatic nitrogens is 2. The van der Waals surface area contributed by atoms with Crippen molar-refractivity contribution in [3.05, 3.63) is 82.0 Å². The molecule has 182 valence electrons. The quantitative estimate of drug-likeness (QED) is 0.493. The molecule has 3 aromatic rings. The van der Waals surface area contributed by atoms with E-state index in [1.54, 1.807) is 12.1 Å². The first-order valence-electron chi connectivity index (χ1n) is 12.4. The molecule has 1 fully saturated rings. The summed E-state index contributed by atoms with van der Waals surface area (Å²) in [5.41, 5.74) is 3.89. The van der Waals surface area contributed by atoms with E-state index >= 15 is 0 Å². The molecule has 0 atom stereocenters. The first-order chi connectivity index (χ1) is 17.0. The molecule has 0 N–H and O–H groups in total. The summed E-state index contributed by atoms with van der Waals surface area (Å²) in [5, 5.41) is 0.489. The average Bonchev–Trinajstić information content (AvgIpc) is 2.89. The van der Waals surface area contributed by atoms with Crippen molar-refractivity contribution < 1.29 is 4.79 Å². The van der Waals surface area contributed by atoms with Crippen molar-refractivity contribution >= 4 is 29.3 Å². The van der Waals surface area contributed by atoms with Crippen LogP contribution in [0.5, 0.6) is 0 Å². The largest absolute Gasteiger partial charge is 0.356 e. The maximum absolute atomic E-state index is 13.3. The van der Waals surface area contributed by atoms with Gasteiger partial charge in [0.25, 0.3) is 5.91 Å². The smallest absolute Gasteiger partial charge is 0.255 e. The monoisotopic (exact) mass is 489 g/mol. The van der Waals surface area contributed by atoms with Gasteiger partial charge in [-0.2, -0.15) is 4.98 Å². The van der Waals surface area contributed by atoms with Crippen LogP contribution in [-0.2, 0) is 19.5 Å². The number of carbonyl (C=O) groups excluding carboxylic acids is 1. The second-order valence-corrected chi connectivity index (χ2v) is 10.1. The van der Waals surface area contributed by atoms with E-state index in [4.69, 9.17) is 21.6 Å². The topological polar surface area (TPSA) is 52.6 Å². The molecule has 5 rings (SSSR count). The number of nitrogens with zero attached hydrogens (tertiary/aromatic N) is 5. The maximum atomic E-state index is 13.3. The molecular weight excluding hydrogens is 458 g/mol. The third-order valence-electron chi connectivity index (χ3n) is 7.11. The van der Waals surface area contributed by atoms with E-state index in [9.17, 15) is 4.79 Å². The fourth-order valence-electron chi connectivity index (χ4n) is 4.94. The maximum Gasteiger partial charge on any atom is 0.255 e. The Morgan fingerprint density at radius 1 is 1.03 bits per heavy atom. The fraction of sp³-hybridized carbons (Fsp3) is 0.393. The van der Waals surface area contributed by atoms with Crippen molar-refractivity contribution in [2.24, 2.45) is 5.92 Å². The highest BCUT2D eigenvalue weighted by molar-refractivity contribution is 6.33. The summed E-state index contributed by atoms with van der Waals surface area (Å²) >= 11 is 6.34. The molecule has 0 aliphatic carbocycles. The SMILES string of the molecule is CC1CCN(c2nc(N(C)Cc3ccccc3)nc3c2CN(C(=O)c2ccccc2Cl)CC3)CC1. The van der Waals surface area contributed by atoms with Crippen molar-refractivity contribution in [2.45, 2.75) is 39.3 Å².